The number of phenolic OH excluding ortho intramolecular Hbond substituents is 1. The van der Waals surface area contributed by atoms with Gasteiger partial charge >= 0.3 is 6.09 Å². The Balaban J connectivity index is 2.33. The fraction of sp³-hybridized carbons (Fsp3) is 0.190. The Morgan fingerprint density at radius 3 is 2.50 bits per heavy atom. The summed E-state index contributed by atoms with van der Waals surface area (Å²) in [6.07, 6.45) is 0.835. The molecule has 2 aromatic carbocycles. The number of ether oxygens (including phenoxy) is 1. The summed E-state index contributed by atoms with van der Waals surface area (Å²) in [5.41, 5.74) is 1.80. The highest BCUT2D eigenvalue weighted by Gasteiger charge is 2.34. The first-order chi connectivity index (χ1) is 14.2. The number of benzene rings is 2. The first kappa shape index (κ1) is 23.2. The molecule has 2 rings (SSSR count). The zero-order valence-corrected chi connectivity index (χ0v) is 18.4. The number of hydroxylamine groups is 1. The average molecular weight is 521 g/mol. The maximum Gasteiger partial charge on any atom is 0.412 e. The van der Waals surface area contributed by atoms with Gasteiger partial charge in [-0.15, -0.1) is 0 Å². The summed E-state index contributed by atoms with van der Waals surface area (Å²) in [4.78, 5) is 24.0. The highest BCUT2D eigenvalue weighted by Crippen LogP contribution is 2.42. The Hall–Kier alpha value is -3.10. The number of carbonyl (C=O) groups excluding carboxylic acids is 2. The number of hydrogen-bond acceptors (Lipinski definition) is 6. The molecule has 2 aromatic rings. The van der Waals surface area contributed by atoms with E-state index in [2.05, 4.69) is 27.9 Å². The van der Waals surface area contributed by atoms with Crippen molar-refractivity contribution in [3.05, 3.63) is 69.3 Å². The van der Waals surface area contributed by atoms with E-state index in [9.17, 15) is 14.7 Å². The van der Waals surface area contributed by atoms with Crippen molar-refractivity contribution in [1.82, 2.24) is 5.48 Å². The number of amides is 2. The average Bonchev–Trinajstić information content (AvgIpc) is 2.72. The number of carbonyl (C=O) groups is 2. The highest BCUT2D eigenvalue weighted by molar-refractivity contribution is 14.1. The molecular formula is C21H20IN3O5. The van der Waals surface area contributed by atoms with Crippen LogP contribution < -0.4 is 10.8 Å². The number of nitrogens with zero attached hydrogens (tertiary/aromatic N) is 1. The van der Waals surface area contributed by atoms with Crippen LogP contribution >= 0.6 is 22.6 Å². The summed E-state index contributed by atoms with van der Waals surface area (Å²) in [7, 11) is 0. The van der Waals surface area contributed by atoms with Crippen molar-refractivity contribution in [2.24, 2.45) is 5.41 Å². The SMILES string of the molecule is CC(C)(/C=C/C(=O)NO)[C@H](OC(=O)Nc1ccc(C#N)cc1)c1cc(I)ccc1O. The molecule has 1 atom stereocenters. The lowest BCUT2D eigenvalue weighted by Gasteiger charge is -2.32. The number of halogens is 1. The van der Waals surface area contributed by atoms with Crippen LogP contribution in [0.3, 0.4) is 0 Å². The van der Waals surface area contributed by atoms with Crippen LogP contribution in [0.5, 0.6) is 5.75 Å². The summed E-state index contributed by atoms with van der Waals surface area (Å²) >= 11 is 2.07. The van der Waals surface area contributed by atoms with Crippen LogP contribution in [0.4, 0.5) is 10.5 Å². The van der Waals surface area contributed by atoms with Gasteiger partial charge in [0.15, 0.2) is 0 Å². The summed E-state index contributed by atoms with van der Waals surface area (Å²) in [6, 6.07) is 13.1. The van der Waals surface area contributed by atoms with Crippen molar-refractivity contribution in [2.45, 2.75) is 20.0 Å². The summed E-state index contributed by atoms with van der Waals surface area (Å²) in [5, 5.41) is 30.5. The van der Waals surface area contributed by atoms with Crippen LogP contribution in [0.2, 0.25) is 0 Å². The summed E-state index contributed by atoms with van der Waals surface area (Å²) in [5.74, 6) is -0.810. The van der Waals surface area contributed by atoms with Crippen LogP contribution in [0.25, 0.3) is 0 Å². The van der Waals surface area contributed by atoms with Gasteiger partial charge in [0.25, 0.3) is 5.91 Å². The molecule has 4 N–H and O–H groups in total. The van der Waals surface area contributed by atoms with Gasteiger partial charge in [-0.25, -0.2) is 10.3 Å². The minimum atomic E-state index is -0.964. The van der Waals surface area contributed by atoms with Gasteiger partial charge in [0, 0.05) is 26.3 Å². The molecule has 30 heavy (non-hydrogen) atoms. The minimum Gasteiger partial charge on any atom is -0.508 e. The number of hydrogen-bond donors (Lipinski definition) is 4. The van der Waals surface area contributed by atoms with Gasteiger partial charge in [-0.3, -0.25) is 15.3 Å². The molecule has 8 nitrogen and oxygen atoms in total. The molecule has 2 amide bonds. The lowest BCUT2D eigenvalue weighted by molar-refractivity contribution is -0.124. The highest BCUT2D eigenvalue weighted by atomic mass is 127. The smallest absolute Gasteiger partial charge is 0.412 e. The van der Waals surface area contributed by atoms with Gasteiger partial charge in [-0.05, 0) is 65.1 Å². The fourth-order valence-electron chi connectivity index (χ4n) is 2.65. The van der Waals surface area contributed by atoms with Crippen LogP contribution in [0.1, 0.15) is 31.1 Å². The quantitative estimate of drug-likeness (QED) is 0.195. The van der Waals surface area contributed by atoms with Gasteiger partial charge < -0.3 is 9.84 Å². The molecule has 156 valence electrons. The molecule has 0 heterocycles. The molecule has 0 fully saturated rings. The predicted octanol–water partition coefficient (Wildman–Crippen LogP) is 4.25. The standard InChI is InChI=1S/C21H20IN3O5/c1-21(2,10-9-18(27)25-29)19(16-11-14(22)5-8-17(16)26)30-20(28)24-15-6-3-13(12-23)4-7-15/h3-11,19,26,29H,1-2H3,(H,24,28)(H,25,27)/b10-9+/t19-/m1/s1. The Morgan fingerprint density at radius 2 is 1.90 bits per heavy atom. The number of rotatable bonds is 6. The van der Waals surface area contributed by atoms with Crippen molar-refractivity contribution in [1.29, 1.82) is 5.26 Å². The van der Waals surface area contributed by atoms with E-state index in [1.165, 1.54) is 17.6 Å². The second-order valence-corrected chi connectivity index (χ2v) is 8.18. The molecular weight excluding hydrogens is 501 g/mol. The van der Waals surface area contributed by atoms with Crippen LogP contribution in [0, 0.1) is 20.3 Å². The zero-order valence-electron chi connectivity index (χ0n) is 16.2. The second-order valence-electron chi connectivity index (χ2n) is 6.93. The molecule has 0 saturated heterocycles. The van der Waals surface area contributed by atoms with Crippen molar-refractivity contribution in [3.63, 3.8) is 0 Å². The fourth-order valence-corrected chi connectivity index (χ4v) is 3.16. The number of anilines is 1. The van der Waals surface area contributed by atoms with E-state index in [1.54, 1.807) is 50.2 Å². The predicted molar refractivity (Wildman–Crippen MR) is 118 cm³/mol. The Bertz CT molecular complexity index is 997. The van der Waals surface area contributed by atoms with Crippen molar-refractivity contribution in [3.8, 4) is 11.8 Å². The van der Waals surface area contributed by atoms with E-state index in [0.717, 1.165) is 9.65 Å². The second kappa shape index (κ2) is 10.1. The largest absolute Gasteiger partial charge is 0.508 e. The number of aromatic hydroxyl groups is 1. The summed E-state index contributed by atoms with van der Waals surface area (Å²) in [6.45, 7) is 3.43. The molecule has 0 aliphatic heterocycles. The minimum absolute atomic E-state index is 0.0697. The topological polar surface area (TPSA) is 132 Å². The van der Waals surface area contributed by atoms with Crippen molar-refractivity contribution < 1.29 is 24.6 Å². The first-order valence-electron chi connectivity index (χ1n) is 8.76. The first-order valence-corrected chi connectivity index (χ1v) is 9.83. The van der Waals surface area contributed by atoms with Gasteiger partial charge in [-0.2, -0.15) is 5.26 Å². The maximum absolute atomic E-state index is 12.6. The maximum atomic E-state index is 12.6. The van der Waals surface area contributed by atoms with E-state index < -0.39 is 23.5 Å². The molecule has 0 bridgehead atoms. The molecule has 9 heteroatoms. The van der Waals surface area contributed by atoms with Crippen LogP contribution in [-0.4, -0.2) is 22.3 Å². The van der Waals surface area contributed by atoms with Gasteiger partial charge in [-0.1, -0.05) is 19.9 Å². The molecule has 0 aromatic heterocycles. The summed E-state index contributed by atoms with van der Waals surface area (Å²) < 4.78 is 6.45. The monoisotopic (exact) mass is 521 g/mol. The van der Waals surface area contributed by atoms with E-state index in [1.807, 2.05) is 6.07 Å². The Labute approximate surface area is 187 Å². The third kappa shape index (κ3) is 6.20. The molecule has 0 saturated carbocycles. The normalized spacial score (nSPS) is 12.1. The Morgan fingerprint density at radius 1 is 1.23 bits per heavy atom. The zero-order chi connectivity index (χ0) is 22.3. The lowest BCUT2D eigenvalue weighted by atomic mass is 9.81. The number of nitrogens with one attached hydrogen (secondary N) is 2. The van der Waals surface area contributed by atoms with Gasteiger partial charge in [0.2, 0.25) is 0 Å². The molecule has 0 unspecified atom stereocenters. The van der Waals surface area contributed by atoms with Gasteiger partial charge in [0.05, 0.1) is 11.6 Å². The molecule has 0 aliphatic carbocycles. The van der Waals surface area contributed by atoms with Crippen LogP contribution in [0.15, 0.2) is 54.6 Å². The third-order valence-corrected chi connectivity index (χ3v) is 4.88. The molecule has 0 spiro atoms. The van der Waals surface area contributed by atoms with E-state index in [-0.39, 0.29) is 5.75 Å². The lowest BCUT2D eigenvalue weighted by Crippen LogP contribution is -2.28. The van der Waals surface area contributed by atoms with E-state index in [4.69, 9.17) is 15.2 Å². The van der Waals surface area contributed by atoms with Crippen molar-refractivity contribution >= 4 is 40.3 Å². The molecule has 0 radical (unpaired) electrons. The van der Waals surface area contributed by atoms with Gasteiger partial charge in [0.1, 0.15) is 11.9 Å². The van der Waals surface area contributed by atoms with Crippen molar-refractivity contribution in [2.75, 3.05) is 5.32 Å². The number of phenols is 1. The Kier molecular flexibility index (Phi) is 7.79. The number of nitriles is 1. The third-order valence-electron chi connectivity index (χ3n) is 4.21. The molecule has 0 aliphatic rings. The van der Waals surface area contributed by atoms with Crippen LogP contribution in [-0.2, 0) is 9.53 Å². The van der Waals surface area contributed by atoms with E-state index >= 15 is 0 Å². The van der Waals surface area contributed by atoms with E-state index in [0.29, 0.717) is 16.8 Å².